The van der Waals surface area contributed by atoms with Crippen LogP contribution in [-0.4, -0.2) is 25.6 Å². The van der Waals surface area contributed by atoms with E-state index in [1.165, 1.54) is 9.75 Å². The van der Waals surface area contributed by atoms with E-state index < -0.39 is 0 Å². The lowest BCUT2D eigenvalue weighted by Crippen LogP contribution is -2.43. The first-order valence-corrected chi connectivity index (χ1v) is 7.06. The molecule has 18 heavy (non-hydrogen) atoms. The van der Waals surface area contributed by atoms with E-state index in [2.05, 4.69) is 48.2 Å². The molecule has 1 rings (SSSR count). The van der Waals surface area contributed by atoms with Crippen LogP contribution < -0.4 is 10.6 Å². The fourth-order valence-corrected chi connectivity index (χ4v) is 2.64. The van der Waals surface area contributed by atoms with Crippen molar-refractivity contribution in [2.45, 2.75) is 26.3 Å². The molecule has 0 aromatic carbocycles. The molecule has 0 spiro atoms. The topological polar surface area (TPSA) is 36.4 Å². The van der Waals surface area contributed by atoms with Crippen LogP contribution in [-0.2, 0) is 6.42 Å². The Labute approximate surface area is 118 Å². The lowest BCUT2D eigenvalue weighted by Gasteiger charge is -2.17. The van der Waals surface area contributed by atoms with Gasteiger partial charge in [-0.2, -0.15) is 0 Å². The fourth-order valence-electron chi connectivity index (χ4n) is 1.56. The van der Waals surface area contributed by atoms with E-state index in [0.29, 0.717) is 17.6 Å². The van der Waals surface area contributed by atoms with E-state index in [1.54, 1.807) is 7.05 Å². The Balaban J connectivity index is 2.42. The molecule has 0 aliphatic rings. The number of hydrogen-bond acceptors (Lipinski definition) is 2. The summed E-state index contributed by atoms with van der Waals surface area (Å²) < 4.78 is 0. The first kappa shape index (κ1) is 15.1. The van der Waals surface area contributed by atoms with Crippen LogP contribution in [0.3, 0.4) is 0 Å². The summed E-state index contributed by atoms with van der Waals surface area (Å²) in [5.74, 6) is 0.748. The average molecular weight is 286 g/mol. The van der Waals surface area contributed by atoms with Crippen LogP contribution >= 0.6 is 22.9 Å². The van der Waals surface area contributed by atoms with Gasteiger partial charge in [0.1, 0.15) is 0 Å². The summed E-state index contributed by atoms with van der Waals surface area (Å²) in [5.41, 5.74) is 0. The second kappa shape index (κ2) is 7.44. The van der Waals surface area contributed by atoms with Crippen molar-refractivity contribution in [3.05, 3.63) is 33.5 Å². The Morgan fingerprint density at radius 2 is 2.28 bits per heavy atom. The van der Waals surface area contributed by atoms with Crippen LogP contribution in [0.15, 0.2) is 28.7 Å². The second-order valence-electron chi connectivity index (χ2n) is 4.20. The van der Waals surface area contributed by atoms with E-state index in [4.69, 9.17) is 11.6 Å². The van der Waals surface area contributed by atoms with Crippen molar-refractivity contribution >= 4 is 28.9 Å². The molecule has 0 radical (unpaired) electrons. The highest BCUT2D eigenvalue weighted by Crippen LogP contribution is 2.16. The van der Waals surface area contributed by atoms with E-state index >= 15 is 0 Å². The minimum absolute atomic E-state index is 0.317. The molecule has 0 saturated carbocycles. The maximum absolute atomic E-state index is 5.71. The number of nitrogens with one attached hydrogen (secondary N) is 2. The number of thiophene rings is 1. The minimum atomic E-state index is 0.317. The van der Waals surface area contributed by atoms with Gasteiger partial charge in [-0.25, -0.2) is 0 Å². The molecular formula is C13H20ClN3S. The maximum Gasteiger partial charge on any atom is 0.191 e. The fraction of sp³-hybridized carbons (Fsp3) is 0.462. The van der Waals surface area contributed by atoms with Gasteiger partial charge in [-0.1, -0.05) is 18.2 Å². The van der Waals surface area contributed by atoms with Crippen LogP contribution in [0, 0.1) is 6.92 Å². The van der Waals surface area contributed by atoms with Gasteiger partial charge in [-0.05, 0) is 26.0 Å². The molecule has 0 aliphatic carbocycles. The molecule has 0 saturated heterocycles. The van der Waals surface area contributed by atoms with Crippen molar-refractivity contribution in [2.24, 2.45) is 4.99 Å². The normalized spacial score (nSPS) is 13.2. The Morgan fingerprint density at radius 1 is 1.56 bits per heavy atom. The molecule has 3 nitrogen and oxygen atoms in total. The number of aryl methyl sites for hydroxylation is 1. The quantitative estimate of drug-likeness (QED) is 0.645. The molecule has 5 heteroatoms. The summed E-state index contributed by atoms with van der Waals surface area (Å²) in [6.07, 6.45) is 0.987. The predicted octanol–water partition coefficient (Wildman–Crippen LogP) is 2.91. The van der Waals surface area contributed by atoms with Crippen LogP contribution in [0.4, 0.5) is 0 Å². The number of hydrogen-bond donors (Lipinski definition) is 2. The van der Waals surface area contributed by atoms with Crippen molar-refractivity contribution < 1.29 is 0 Å². The Kier molecular flexibility index (Phi) is 6.22. The molecule has 0 aliphatic heterocycles. The Bertz CT molecular complexity index is 426. The molecular weight excluding hydrogens is 266 g/mol. The van der Waals surface area contributed by atoms with E-state index in [9.17, 15) is 0 Å². The van der Waals surface area contributed by atoms with E-state index in [-0.39, 0.29) is 0 Å². The summed E-state index contributed by atoms with van der Waals surface area (Å²) in [6, 6.07) is 4.64. The van der Waals surface area contributed by atoms with Crippen molar-refractivity contribution in [3.63, 3.8) is 0 Å². The largest absolute Gasteiger partial charge is 0.354 e. The van der Waals surface area contributed by atoms with Gasteiger partial charge < -0.3 is 10.6 Å². The standard InChI is InChI=1S/C13H20ClN3S/c1-9(14)8-16-13(15-4)17-10(2)7-12-6-5-11(3)18-12/h5-6,10H,1,7-8H2,2-4H3,(H2,15,16,17). The number of rotatable bonds is 5. The molecule has 0 amide bonds. The van der Waals surface area contributed by atoms with Gasteiger partial charge in [0.15, 0.2) is 5.96 Å². The van der Waals surface area contributed by atoms with E-state index in [0.717, 1.165) is 12.4 Å². The predicted molar refractivity (Wildman–Crippen MR) is 81.7 cm³/mol. The van der Waals surface area contributed by atoms with Crippen molar-refractivity contribution in [2.75, 3.05) is 13.6 Å². The number of halogens is 1. The third-order valence-electron chi connectivity index (χ3n) is 2.36. The molecule has 1 atom stereocenters. The van der Waals surface area contributed by atoms with Gasteiger partial charge in [-0.15, -0.1) is 11.3 Å². The van der Waals surface area contributed by atoms with Crippen molar-refractivity contribution in [1.82, 2.24) is 10.6 Å². The minimum Gasteiger partial charge on any atom is -0.354 e. The Morgan fingerprint density at radius 3 is 2.78 bits per heavy atom. The summed E-state index contributed by atoms with van der Waals surface area (Å²) in [6.45, 7) is 8.41. The molecule has 0 fully saturated rings. The van der Waals surface area contributed by atoms with E-state index in [1.807, 2.05) is 11.3 Å². The highest BCUT2D eigenvalue weighted by atomic mass is 35.5. The zero-order valence-corrected chi connectivity index (χ0v) is 12.7. The molecule has 100 valence electrons. The van der Waals surface area contributed by atoms with Crippen molar-refractivity contribution in [3.8, 4) is 0 Å². The molecule has 1 aromatic rings. The van der Waals surface area contributed by atoms with Crippen LogP contribution in [0.1, 0.15) is 16.7 Å². The van der Waals surface area contributed by atoms with Gasteiger partial charge in [0.2, 0.25) is 0 Å². The lowest BCUT2D eigenvalue weighted by atomic mass is 10.2. The summed E-state index contributed by atoms with van der Waals surface area (Å²) in [5, 5.41) is 7.00. The maximum atomic E-state index is 5.71. The third-order valence-corrected chi connectivity index (χ3v) is 3.51. The van der Waals surface area contributed by atoms with Crippen molar-refractivity contribution in [1.29, 1.82) is 0 Å². The highest BCUT2D eigenvalue weighted by Gasteiger charge is 2.07. The summed E-state index contributed by atoms with van der Waals surface area (Å²) >= 11 is 7.54. The molecule has 1 unspecified atom stereocenters. The third kappa shape index (κ3) is 5.56. The first-order valence-electron chi connectivity index (χ1n) is 5.87. The number of aliphatic imine (C=N–C) groups is 1. The zero-order valence-electron chi connectivity index (χ0n) is 11.1. The molecule has 0 bridgehead atoms. The monoisotopic (exact) mass is 285 g/mol. The number of guanidine groups is 1. The molecule has 2 N–H and O–H groups in total. The molecule has 1 aromatic heterocycles. The summed E-state index contributed by atoms with van der Waals surface area (Å²) in [4.78, 5) is 6.87. The lowest BCUT2D eigenvalue weighted by molar-refractivity contribution is 0.650. The smallest absolute Gasteiger partial charge is 0.191 e. The van der Waals surface area contributed by atoms with Gasteiger partial charge in [0.25, 0.3) is 0 Å². The van der Waals surface area contributed by atoms with Gasteiger partial charge >= 0.3 is 0 Å². The van der Waals surface area contributed by atoms with Crippen LogP contribution in [0.25, 0.3) is 0 Å². The second-order valence-corrected chi connectivity index (χ2v) is 6.11. The highest BCUT2D eigenvalue weighted by molar-refractivity contribution is 7.11. The van der Waals surface area contributed by atoms with Crippen LogP contribution in [0.5, 0.6) is 0 Å². The first-order chi connectivity index (χ1) is 8.51. The zero-order chi connectivity index (χ0) is 13.5. The Hall–Kier alpha value is -1.000. The van der Waals surface area contributed by atoms with Gasteiger partial charge in [0, 0.05) is 34.3 Å². The molecule has 1 heterocycles. The number of nitrogens with zero attached hydrogens (tertiary/aromatic N) is 1. The SMILES string of the molecule is C=C(Cl)CNC(=NC)NC(C)Cc1ccc(C)s1. The van der Waals surface area contributed by atoms with Gasteiger partial charge in [-0.3, -0.25) is 4.99 Å². The van der Waals surface area contributed by atoms with Crippen LogP contribution in [0.2, 0.25) is 0 Å². The summed E-state index contributed by atoms with van der Waals surface area (Å²) in [7, 11) is 1.74. The van der Waals surface area contributed by atoms with Gasteiger partial charge in [0.05, 0.1) is 6.54 Å². The average Bonchev–Trinajstić information content (AvgIpc) is 2.69.